The fraction of sp³-hybridized carbons (Fsp3) is 0.250. The van der Waals surface area contributed by atoms with E-state index in [1.807, 2.05) is 40.6 Å². The van der Waals surface area contributed by atoms with Gasteiger partial charge in [0.15, 0.2) is 5.17 Å². The average molecular weight is 483 g/mol. The number of carbonyl (C=O) groups excluding carboxylic acids is 2. The summed E-state index contributed by atoms with van der Waals surface area (Å²) >= 11 is 7.71. The van der Waals surface area contributed by atoms with Gasteiger partial charge in [-0.1, -0.05) is 35.5 Å². The number of hydrogen-bond acceptors (Lipinski definition) is 7. The molecule has 0 radical (unpaired) electrons. The minimum atomic E-state index is -0.496. The Morgan fingerprint density at radius 2 is 2.03 bits per heavy atom. The van der Waals surface area contributed by atoms with Gasteiger partial charge in [-0.15, -0.1) is 0 Å². The monoisotopic (exact) mass is 482 g/mol. The number of halogens is 1. The maximum Gasteiger partial charge on any atom is 0.338 e. The lowest BCUT2D eigenvalue weighted by Crippen LogP contribution is -2.38. The first-order chi connectivity index (χ1) is 16.0. The number of ether oxygens (including phenoxy) is 1. The van der Waals surface area contributed by atoms with Gasteiger partial charge in [-0.05, 0) is 54.6 Å². The minimum absolute atomic E-state index is 0.131. The van der Waals surface area contributed by atoms with Crippen molar-refractivity contribution in [3.63, 3.8) is 0 Å². The molecule has 1 amide bonds. The molecule has 0 unspecified atom stereocenters. The van der Waals surface area contributed by atoms with Crippen molar-refractivity contribution in [2.24, 2.45) is 4.99 Å². The molecule has 33 heavy (non-hydrogen) atoms. The highest BCUT2D eigenvalue weighted by molar-refractivity contribution is 8.16. The molecule has 0 bridgehead atoms. The molecule has 4 rings (SSSR count). The van der Waals surface area contributed by atoms with Gasteiger partial charge >= 0.3 is 5.97 Å². The van der Waals surface area contributed by atoms with Crippen LogP contribution in [-0.2, 0) is 20.9 Å². The number of nitrogens with zero attached hydrogens (tertiary/aromatic N) is 3. The third-order valence-corrected chi connectivity index (χ3v) is 6.36. The van der Waals surface area contributed by atoms with Gasteiger partial charge in [-0.3, -0.25) is 9.78 Å². The summed E-state index contributed by atoms with van der Waals surface area (Å²) in [6.45, 7) is 4.23. The molecular formula is C24H23ClN4O3S. The number of allylic oxidation sites excluding steroid dienone is 1. The van der Waals surface area contributed by atoms with Crippen LogP contribution in [0.4, 0.5) is 0 Å². The second kappa shape index (κ2) is 10.2. The maximum absolute atomic E-state index is 12.9. The lowest BCUT2D eigenvalue weighted by molar-refractivity contribution is -0.139. The standard InChI is InChI=1S/C24H23ClN4O3S/c1-3-32-23(31)21-15(2)28-24-29(22(21)17-5-4-6-18(25)11-17)19(14-33-24)12-20(30)27-13-16-7-9-26-10-8-16/h4-11,14,22H,3,12-13H2,1-2H3,(H,27,30)/t22-/m1/s1. The van der Waals surface area contributed by atoms with Crippen LogP contribution in [0.3, 0.4) is 0 Å². The molecule has 0 saturated carbocycles. The number of rotatable bonds is 7. The highest BCUT2D eigenvalue weighted by Gasteiger charge is 2.41. The van der Waals surface area contributed by atoms with E-state index in [9.17, 15) is 9.59 Å². The van der Waals surface area contributed by atoms with Crippen LogP contribution in [0, 0.1) is 0 Å². The largest absolute Gasteiger partial charge is 0.463 e. The lowest BCUT2D eigenvalue weighted by Gasteiger charge is -2.36. The fourth-order valence-electron chi connectivity index (χ4n) is 3.76. The molecular weight excluding hydrogens is 460 g/mol. The Morgan fingerprint density at radius 3 is 2.76 bits per heavy atom. The molecule has 9 heteroatoms. The zero-order valence-electron chi connectivity index (χ0n) is 18.2. The van der Waals surface area contributed by atoms with E-state index in [2.05, 4.69) is 15.3 Å². The summed E-state index contributed by atoms with van der Waals surface area (Å²) in [5.41, 5.74) is 3.57. The van der Waals surface area contributed by atoms with Gasteiger partial charge in [0.05, 0.1) is 30.3 Å². The number of fused-ring (bicyclic) bond motifs is 1. The molecule has 2 aromatic rings. The van der Waals surface area contributed by atoms with Crippen LogP contribution in [0.25, 0.3) is 0 Å². The molecule has 2 aliphatic rings. The smallest absolute Gasteiger partial charge is 0.338 e. The highest BCUT2D eigenvalue weighted by atomic mass is 35.5. The first-order valence-electron chi connectivity index (χ1n) is 10.5. The molecule has 1 aromatic heterocycles. The SMILES string of the molecule is CCOC(=O)C1=C(C)N=C2SC=C(CC(=O)NCc3ccncc3)N2[C@@H]1c1cccc(Cl)c1. The zero-order chi connectivity index (χ0) is 23.4. The van der Waals surface area contributed by atoms with E-state index in [1.165, 1.54) is 11.8 Å². The maximum atomic E-state index is 12.9. The highest BCUT2D eigenvalue weighted by Crippen LogP contribution is 2.45. The Bertz CT molecular complexity index is 1160. The van der Waals surface area contributed by atoms with Crippen LogP contribution in [0.1, 0.15) is 37.4 Å². The number of esters is 1. The van der Waals surface area contributed by atoms with Gasteiger partial charge in [0.25, 0.3) is 0 Å². The van der Waals surface area contributed by atoms with Crippen molar-refractivity contribution in [2.45, 2.75) is 32.9 Å². The summed E-state index contributed by atoms with van der Waals surface area (Å²) in [6.07, 6.45) is 3.52. The first-order valence-corrected chi connectivity index (χ1v) is 11.8. The summed E-state index contributed by atoms with van der Waals surface area (Å²) < 4.78 is 5.35. The van der Waals surface area contributed by atoms with Crippen LogP contribution in [0.15, 0.2) is 76.2 Å². The molecule has 3 heterocycles. The number of benzene rings is 1. The predicted molar refractivity (Wildman–Crippen MR) is 129 cm³/mol. The van der Waals surface area contributed by atoms with Crippen LogP contribution in [-0.4, -0.2) is 33.5 Å². The molecule has 1 atom stereocenters. The lowest BCUT2D eigenvalue weighted by atomic mass is 9.94. The van der Waals surface area contributed by atoms with Crippen molar-refractivity contribution in [1.82, 2.24) is 15.2 Å². The number of amides is 1. The molecule has 1 N–H and O–H groups in total. The van der Waals surface area contributed by atoms with E-state index in [4.69, 9.17) is 16.3 Å². The average Bonchev–Trinajstić information content (AvgIpc) is 3.19. The van der Waals surface area contributed by atoms with Gasteiger partial charge in [0.2, 0.25) is 5.91 Å². The summed E-state index contributed by atoms with van der Waals surface area (Å²) in [5.74, 6) is -0.560. The van der Waals surface area contributed by atoms with Gasteiger partial charge in [-0.2, -0.15) is 0 Å². The summed E-state index contributed by atoms with van der Waals surface area (Å²) in [7, 11) is 0. The number of carbonyl (C=O) groups is 2. The van der Waals surface area contributed by atoms with Crippen LogP contribution in [0.2, 0.25) is 5.02 Å². The number of aliphatic imine (C=N–C) groups is 1. The number of hydrogen-bond donors (Lipinski definition) is 1. The van der Waals surface area contributed by atoms with E-state index in [1.54, 1.807) is 32.3 Å². The normalized spacial score (nSPS) is 17.3. The summed E-state index contributed by atoms with van der Waals surface area (Å²) in [4.78, 5) is 36.3. The van der Waals surface area contributed by atoms with Gasteiger partial charge < -0.3 is 15.0 Å². The summed E-state index contributed by atoms with van der Waals surface area (Å²) in [5, 5.41) is 6.12. The van der Waals surface area contributed by atoms with Gasteiger partial charge in [0.1, 0.15) is 0 Å². The Labute approximate surface area is 201 Å². The van der Waals surface area contributed by atoms with E-state index in [0.29, 0.717) is 28.0 Å². The fourth-order valence-corrected chi connectivity index (χ4v) is 4.92. The number of amidine groups is 1. The van der Waals surface area contributed by atoms with Crippen molar-refractivity contribution in [3.8, 4) is 0 Å². The molecule has 0 saturated heterocycles. The predicted octanol–water partition coefficient (Wildman–Crippen LogP) is 4.58. The molecule has 2 aliphatic heterocycles. The van der Waals surface area contributed by atoms with Gasteiger partial charge in [0, 0.05) is 29.7 Å². The Kier molecular flexibility index (Phi) is 7.15. The Hall–Kier alpha value is -3.10. The van der Waals surface area contributed by atoms with Crippen molar-refractivity contribution in [2.75, 3.05) is 6.61 Å². The van der Waals surface area contributed by atoms with Crippen molar-refractivity contribution < 1.29 is 14.3 Å². The second-order valence-corrected chi connectivity index (χ2v) is 8.75. The molecule has 1 aromatic carbocycles. The molecule has 170 valence electrons. The number of pyridine rings is 1. The quantitative estimate of drug-likeness (QED) is 0.581. The van der Waals surface area contributed by atoms with Crippen molar-refractivity contribution >= 4 is 40.4 Å². The van der Waals surface area contributed by atoms with Crippen LogP contribution < -0.4 is 5.32 Å². The van der Waals surface area contributed by atoms with E-state index < -0.39 is 12.0 Å². The molecule has 7 nitrogen and oxygen atoms in total. The molecule has 0 spiro atoms. The van der Waals surface area contributed by atoms with E-state index in [-0.39, 0.29) is 18.9 Å². The third kappa shape index (κ3) is 5.12. The first kappa shape index (κ1) is 23.1. The minimum Gasteiger partial charge on any atom is -0.463 e. The Balaban J connectivity index is 1.61. The van der Waals surface area contributed by atoms with E-state index in [0.717, 1.165) is 16.8 Å². The zero-order valence-corrected chi connectivity index (χ0v) is 19.8. The molecule has 0 aliphatic carbocycles. The number of thioether (sulfide) groups is 1. The van der Waals surface area contributed by atoms with Gasteiger partial charge in [-0.25, -0.2) is 9.79 Å². The van der Waals surface area contributed by atoms with Crippen LogP contribution >= 0.6 is 23.4 Å². The Morgan fingerprint density at radius 1 is 1.24 bits per heavy atom. The van der Waals surface area contributed by atoms with Crippen molar-refractivity contribution in [1.29, 1.82) is 0 Å². The third-order valence-electron chi connectivity index (χ3n) is 5.24. The summed E-state index contributed by atoms with van der Waals surface area (Å²) in [6, 6.07) is 10.6. The van der Waals surface area contributed by atoms with E-state index >= 15 is 0 Å². The van der Waals surface area contributed by atoms with Crippen LogP contribution in [0.5, 0.6) is 0 Å². The topological polar surface area (TPSA) is 83.9 Å². The number of nitrogens with one attached hydrogen (secondary N) is 1. The van der Waals surface area contributed by atoms with Crippen molar-refractivity contribution in [3.05, 3.63) is 87.3 Å². The second-order valence-electron chi connectivity index (χ2n) is 7.48. The number of aromatic nitrogens is 1. The molecule has 0 fully saturated rings.